The number of nitrogens with one attached hydrogen (secondary N) is 1. The number of hydrogen-bond acceptors (Lipinski definition) is 6. The molecular formula is C25H17N3O5. The van der Waals surface area contributed by atoms with Crippen molar-refractivity contribution < 1.29 is 19.1 Å². The first-order valence-corrected chi connectivity index (χ1v) is 10.1. The lowest BCUT2D eigenvalue weighted by Crippen LogP contribution is -2.08. The summed E-state index contributed by atoms with van der Waals surface area (Å²) in [7, 11) is 0. The van der Waals surface area contributed by atoms with Gasteiger partial charge in [0, 0.05) is 22.9 Å². The minimum absolute atomic E-state index is 0.174. The van der Waals surface area contributed by atoms with Crippen molar-refractivity contribution in [3.05, 3.63) is 89.3 Å². The Hall–Kier alpha value is -4.72. The van der Waals surface area contributed by atoms with E-state index >= 15 is 0 Å². The Labute approximate surface area is 186 Å². The van der Waals surface area contributed by atoms with E-state index in [4.69, 9.17) is 9.15 Å². The predicted octanol–water partition coefficient (Wildman–Crippen LogP) is 5.34. The second-order valence-electron chi connectivity index (χ2n) is 7.25. The fourth-order valence-electron chi connectivity index (χ4n) is 3.58. The number of nitrogens with zero attached hydrogens (tertiary/aromatic N) is 2. The SMILES string of the molecule is O=C(COc1ccc2c(-c3ccccc3)cc(=O)oc2c1)N=Nc1c(O)[nH]c2ccccc12. The number of hydrogen-bond donors (Lipinski definition) is 2. The van der Waals surface area contributed by atoms with Gasteiger partial charge in [-0.2, -0.15) is 0 Å². The average molecular weight is 439 g/mol. The Morgan fingerprint density at radius 1 is 0.970 bits per heavy atom. The molecule has 8 nitrogen and oxygen atoms in total. The highest BCUT2D eigenvalue weighted by Gasteiger charge is 2.12. The van der Waals surface area contributed by atoms with Gasteiger partial charge in [0.15, 0.2) is 12.3 Å². The van der Waals surface area contributed by atoms with Crippen LogP contribution in [0.1, 0.15) is 0 Å². The van der Waals surface area contributed by atoms with Crippen LogP contribution in [0.4, 0.5) is 5.69 Å². The van der Waals surface area contributed by atoms with Crippen LogP contribution in [-0.4, -0.2) is 22.6 Å². The third-order valence-corrected chi connectivity index (χ3v) is 5.08. The Bertz CT molecular complexity index is 1570. The summed E-state index contributed by atoms with van der Waals surface area (Å²) in [6.07, 6.45) is 0. The first-order valence-electron chi connectivity index (χ1n) is 10.1. The van der Waals surface area contributed by atoms with Gasteiger partial charge >= 0.3 is 11.5 Å². The summed E-state index contributed by atoms with van der Waals surface area (Å²) < 4.78 is 10.8. The molecule has 5 rings (SSSR count). The van der Waals surface area contributed by atoms with Gasteiger partial charge in [-0.1, -0.05) is 48.5 Å². The van der Waals surface area contributed by atoms with Gasteiger partial charge in [-0.25, -0.2) is 4.79 Å². The minimum atomic E-state index is -0.640. The molecule has 0 radical (unpaired) electrons. The zero-order valence-electron chi connectivity index (χ0n) is 17.2. The quantitative estimate of drug-likeness (QED) is 0.283. The van der Waals surface area contributed by atoms with Crippen molar-refractivity contribution in [3.63, 3.8) is 0 Å². The van der Waals surface area contributed by atoms with Gasteiger partial charge in [-0.3, -0.25) is 4.79 Å². The van der Waals surface area contributed by atoms with E-state index in [1.165, 1.54) is 6.07 Å². The molecule has 2 aromatic heterocycles. The van der Waals surface area contributed by atoms with E-state index in [1.807, 2.05) is 36.4 Å². The number of rotatable bonds is 5. The molecule has 0 unspecified atom stereocenters. The number of para-hydroxylation sites is 1. The smallest absolute Gasteiger partial charge is 0.336 e. The molecule has 2 heterocycles. The number of aromatic hydroxyl groups is 1. The zero-order valence-corrected chi connectivity index (χ0v) is 17.2. The molecule has 0 saturated carbocycles. The maximum absolute atomic E-state index is 12.2. The van der Waals surface area contributed by atoms with E-state index in [-0.39, 0.29) is 18.2 Å². The Morgan fingerprint density at radius 3 is 2.61 bits per heavy atom. The van der Waals surface area contributed by atoms with E-state index in [2.05, 4.69) is 15.2 Å². The van der Waals surface area contributed by atoms with Crippen LogP contribution in [0.5, 0.6) is 11.6 Å². The maximum Gasteiger partial charge on any atom is 0.336 e. The monoisotopic (exact) mass is 439 g/mol. The zero-order chi connectivity index (χ0) is 22.8. The second-order valence-corrected chi connectivity index (χ2v) is 7.25. The van der Waals surface area contributed by atoms with Crippen LogP contribution in [0.2, 0.25) is 0 Å². The third kappa shape index (κ3) is 4.09. The van der Waals surface area contributed by atoms with Crippen LogP contribution in [0.15, 0.2) is 98.3 Å². The van der Waals surface area contributed by atoms with E-state index in [0.29, 0.717) is 22.2 Å². The number of aromatic amines is 1. The number of fused-ring (bicyclic) bond motifs is 2. The molecule has 0 atom stereocenters. The van der Waals surface area contributed by atoms with Gasteiger partial charge in [0.05, 0.1) is 5.52 Å². The second kappa shape index (κ2) is 8.43. The molecule has 2 N–H and O–H groups in total. The Balaban J connectivity index is 1.34. The highest BCUT2D eigenvalue weighted by Crippen LogP contribution is 2.35. The standard InChI is InChI=1S/C25H17N3O5/c29-22(27-28-24-18-8-4-5-9-20(18)26-25(24)31)14-32-16-10-11-17-19(15-6-2-1-3-7-15)13-23(30)33-21(17)12-16/h1-13,26,31H,14H2. The lowest BCUT2D eigenvalue weighted by Gasteiger charge is -2.08. The van der Waals surface area contributed by atoms with Crippen LogP contribution in [-0.2, 0) is 4.79 Å². The summed E-state index contributed by atoms with van der Waals surface area (Å²) >= 11 is 0. The highest BCUT2D eigenvalue weighted by molar-refractivity contribution is 5.95. The van der Waals surface area contributed by atoms with Crippen LogP contribution in [0.25, 0.3) is 33.0 Å². The fourth-order valence-corrected chi connectivity index (χ4v) is 3.58. The number of amides is 1. The van der Waals surface area contributed by atoms with Crippen LogP contribution in [0, 0.1) is 0 Å². The summed E-state index contributed by atoms with van der Waals surface area (Å²) in [5, 5.41) is 18.9. The van der Waals surface area contributed by atoms with Crippen LogP contribution >= 0.6 is 0 Å². The van der Waals surface area contributed by atoms with Crippen molar-refractivity contribution in [2.24, 2.45) is 10.2 Å². The van der Waals surface area contributed by atoms with E-state index in [9.17, 15) is 14.7 Å². The number of carbonyl (C=O) groups excluding carboxylic acids is 1. The molecule has 0 aliphatic carbocycles. The van der Waals surface area contributed by atoms with Gasteiger partial charge in [0.25, 0.3) is 0 Å². The largest absolute Gasteiger partial charge is 0.493 e. The first-order chi connectivity index (χ1) is 16.1. The van der Waals surface area contributed by atoms with Crippen molar-refractivity contribution in [1.82, 2.24) is 4.98 Å². The van der Waals surface area contributed by atoms with Gasteiger partial charge in [-0.15, -0.1) is 10.2 Å². The number of ether oxygens (including phenoxy) is 1. The van der Waals surface area contributed by atoms with Crippen molar-refractivity contribution in [2.75, 3.05) is 6.61 Å². The van der Waals surface area contributed by atoms with Gasteiger partial charge in [-0.05, 0) is 29.3 Å². The Morgan fingerprint density at radius 2 is 1.76 bits per heavy atom. The molecule has 33 heavy (non-hydrogen) atoms. The fraction of sp³-hybridized carbons (Fsp3) is 0.0400. The molecule has 1 amide bonds. The highest BCUT2D eigenvalue weighted by atomic mass is 16.5. The van der Waals surface area contributed by atoms with Crippen molar-refractivity contribution >= 4 is 33.5 Å². The minimum Gasteiger partial charge on any atom is -0.493 e. The molecule has 0 spiro atoms. The van der Waals surface area contributed by atoms with E-state index in [1.54, 1.807) is 36.4 Å². The molecule has 5 aromatic rings. The molecule has 0 bridgehead atoms. The van der Waals surface area contributed by atoms with Crippen molar-refractivity contribution in [2.45, 2.75) is 0 Å². The van der Waals surface area contributed by atoms with E-state index < -0.39 is 11.5 Å². The normalized spacial score (nSPS) is 11.4. The summed E-state index contributed by atoms with van der Waals surface area (Å²) in [5.74, 6) is -0.471. The summed E-state index contributed by atoms with van der Waals surface area (Å²) in [5.41, 5.74) is 2.36. The van der Waals surface area contributed by atoms with Gasteiger partial charge < -0.3 is 19.2 Å². The van der Waals surface area contributed by atoms with E-state index in [0.717, 1.165) is 16.5 Å². The maximum atomic E-state index is 12.2. The van der Waals surface area contributed by atoms with Crippen molar-refractivity contribution in [1.29, 1.82) is 0 Å². The number of carbonyl (C=O) groups is 1. The lowest BCUT2D eigenvalue weighted by molar-refractivity contribution is -0.120. The molecule has 3 aromatic carbocycles. The average Bonchev–Trinajstić information content (AvgIpc) is 3.16. The number of H-pyrrole nitrogens is 1. The van der Waals surface area contributed by atoms with Gasteiger partial charge in [0.1, 0.15) is 11.3 Å². The molecule has 0 aliphatic rings. The Kier molecular flexibility index (Phi) is 5.16. The third-order valence-electron chi connectivity index (χ3n) is 5.08. The molecule has 0 aliphatic heterocycles. The number of benzene rings is 3. The first kappa shape index (κ1) is 20.2. The summed E-state index contributed by atoms with van der Waals surface area (Å²) in [6.45, 7) is -0.374. The molecular weight excluding hydrogens is 422 g/mol. The molecule has 162 valence electrons. The van der Waals surface area contributed by atoms with Crippen LogP contribution in [0.3, 0.4) is 0 Å². The molecule has 8 heteroatoms. The lowest BCUT2D eigenvalue weighted by atomic mass is 10.0. The predicted molar refractivity (Wildman–Crippen MR) is 123 cm³/mol. The molecule has 0 saturated heterocycles. The number of azo groups is 1. The molecule has 0 fully saturated rings. The summed E-state index contributed by atoms with van der Waals surface area (Å²) in [4.78, 5) is 27.0. The van der Waals surface area contributed by atoms with Crippen LogP contribution < -0.4 is 10.4 Å². The number of aromatic nitrogens is 1. The summed E-state index contributed by atoms with van der Waals surface area (Å²) in [6, 6.07) is 23.1. The topological polar surface area (TPSA) is 117 Å². The van der Waals surface area contributed by atoms with Gasteiger partial charge in [0.2, 0.25) is 5.88 Å². The van der Waals surface area contributed by atoms with Crippen molar-refractivity contribution in [3.8, 4) is 22.8 Å².